The van der Waals surface area contributed by atoms with Gasteiger partial charge in [-0.15, -0.1) is 0 Å². The lowest BCUT2D eigenvalue weighted by Crippen LogP contribution is -2.37. The Kier molecular flexibility index (Phi) is 7.21. The molecule has 2 heterocycles. The van der Waals surface area contributed by atoms with E-state index >= 15 is 0 Å². The highest BCUT2D eigenvalue weighted by Gasteiger charge is 2.10. The highest BCUT2D eigenvalue weighted by atomic mass is 16.5. The molecule has 1 fully saturated rings. The van der Waals surface area contributed by atoms with Gasteiger partial charge in [0.15, 0.2) is 0 Å². The molecule has 1 aromatic heterocycles. The highest BCUT2D eigenvalue weighted by molar-refractivity contribution is 6.00. The Bertz CT molecular complexity index is 1250. The van der Waals surface area contributed by atoms with Gasteiger partial charge in [0.25, 0.3) is 0 Å². The van der Waals surface area contributed by atoms with Gasteiger partial charge in [-0.3, -0.25) is 9.58 Å². The van der Waals surface area contributed by atoms with Crippen LogP contribution in [-0.2, 0) is 11.3 Å². The predicted molar refractivity (Wildman–Crippen MR) is 137 cm³/mol. The summed E-state index contributed by atoms with van der Waals surface area (Å²) in [5, 5.41) is 11.5. The molecule has 0 saturated carbocycles. The number of benzene rings is 3. The summed E-state index contributed by atoms with van der Waals surface area (Å²) in [6.45, 7) is 5.56. The van der Waals surface area contributed by atoms with E-state index in [9.17, 15) is 4.79 Å². The molecule has 0 atom stereocenters. The normalized spacial score (nSPS) is 14.1. The number of rotatable bonds is 8. The van der Waals surface area contributed by atoms with Crippen LogP contribution in [0.25, 0.3) is 10.9 Å². The second-order valence-corrected chi connectivity index (χ2v) is 8.49. The average Bonchev–Trinajstić information content (AvgIpc) is 3.28. The maximum atomic E-state index is 12.5. The van der Waals surface area contributed by atoms with E-state index in [1.807, 2.05) is 65.3 Å². The zero-order valence-corrected chi connectivity index (χ0v) is 19.5. The minimum atomic E-state index is -0.314. The van der Waals surface area contributed by atoms with Crippen molar-refractivity contribution < 1.29 is 14.3 Å². The Hall–Kier alpha value is -3.88. The monoisotopic (exact) mass is 471 g/mol. The van der Waals surface area contributed by atoms with Gasteiger partial charge in [-0.25, -0.2) is 4.79 Å². The lowest BCUT2D eigenvalue weighted by atomic mass is 10.2. The number of amides is 2. The maximum Gasteiger partial charge on any atom is 0.323 e. The largest absolute Gasteiger partial charge is 0.457 e. The number of fused-ring (bicyclic) bond motifs is 1. The zero-order chi connectivity index (χ0) is 23.9. The first kappa shape index (κ1) is 22.9. The van der Waals surface area contributed by atoms with Gasteiger partial charge in [0, 0.05) is 49.1 Å². The van der Waals surface area contributed by atoms with Gasteiger partial charge in [-0.1, -0.05) is 18.2 Å². The number of carbonyl (C=O) groups is 1. The number of hydrogen-bond donors (Lipinski definition) is 2. The number of nitrogens with zero attached hydrogens (tertiary/aromatic N) is 3. The summed E-state index contributed by atoms with van der Waals surface area (Å²) >= 11 is 0. The second-order valence-electron chi connectivity index (χ2n) is 8.49. The molecule has 5 rings (SSSR count). The van der Waals surface area contributed by atoms with Crippen LogP contribution in [0.4, 0.5) is 16.2 Å². The molecule has 0 radical (unpaired) electrons. The highest BCUT2D eigenvalue weighted by Crippen LogP contribution is 2.23. The Morgan fingerprint density at radius 3 is 2.40 bits per heavy atom. The maximum absolute atomic E-state index is 12.5. The number of aryl methyl sites for hydroxylation is 1. The van der Waals surface area contributed by atoms with Crippen molar-refractivity contribution in [2.75, 3.05) is 43.5 Å². The van der Waals surface area contributed by atoms with Crippen LogP contribution < -0.4 is 15.4 Å². The number of hydrogen-bond acceptors (Lipinski definition) is 5. The van der Waals surface area contributed by atoms with E-state index in [-0.39, 0.29) is 6.03 Å². The summed E-state index contributed by atoms with van der Waals surface area (Å²) in [5.41, 5.74) is 2.22. The molecule has 2 amide bonds. The smallest absolute Gasteiger partial charge is 0.323 e. The first-order valence-electron chi connectivity index (χ1n) is 11.9. The van der Waals surface area contributed by atoms with E-state index in [0.717, 1.165) is 62.5 Å². The van der Waals surface area contributed by atoms with Crippen molar-refractivity contribution in [3.05, 3.63) is 79.0 Å². The fraction of sp³-hybridized carbons (Fsp3) is 0.259. The molecule has 8 heteroatoms. The van der Waals surface area contributed by atoms with Crippen LogP contribution in [0.15, 0.2) is 79.0 Å². The molecule has 0 aliphatic carbocycles. The van der Waals surface area contributed by atoms with Crippen LogP contribution in [0.3, 0.4) is 0 Å². The van der Waals surface area contributed by atoms with Crippen LogP contribution in [0.2, 0.25) is 0 Å². The van der Waals surface area contributed by atoms with Gasteiger partial charge in [0.1, 0.15) is 11.5 Å². The lowest BCUT2D eigenvalue weighted by Gasteiger charge is -2.26. The number of urea groups is 1. The Balaban J connectivity index is 1.13. The van der Waals surface area contributed by atoms with E-state index in [1.165, 1.54) is 0 Å². The second kappa shape index (κ2) is 11.0. The summed E-state index contributed by atoms with van der Waals surface area (Å²) < 4.78 is 13.2. The molecule has 1 aliphatic rings. The van der Waals surface area contributed by atoms with E-state index in [4.69, 9.17) is 9.47 Å². The third-order valence-electron chi connectivity index (χ3n) is 5.87. The molecule has 4 aromatic rings. The number of para-hydroxylation sites is 1. The molecule has 0 bridgehead atoms. The third kappa shape index (κ3) is 6.38. The number of ether oxygens (including phenoxy) is 2. The van der Waals surface area contributed by atoms with Crippen molar-refractivity contribution in [2.24, 2.45) is 0 Å². The molecule has 35 heavy (non-hydrogen) atoms. The van der Waals surface area contributed by atoms with Gasteiger partial charge >= 0.3 is 6.03 Å². The molecule has 3 aromatic carbocycles. The molecule has 2 N–H and O–H groups in total. The van der Waals surface area contributed by atoms with Crippen molar-refractivity contribution in [2.45, 2.75) is 13.0 Å². The Morgan fingerprint density at radius 1 is 0.886 bits per heavy atom. The Morgan fingerprint density at radius 2 is 1.60 bits per heavy atom. The first-order valence-corrected chi connectivity index (χ1v) is 11.9. The van der Waals surface area contributed by atoms with Crippen molar-refractivity contribution in [1.82, 2.24) is 14.7 Å². The predicted octanol–water partition coefficient (Wildman–Crippen LogP) is 5.19. The van der Waals surface area contributed by atoms with Crippen molar-refractivity contribution in [1.29, 1.82) is 0 Å². The van der Waals surface area contributed by atoms with Gasteiger partial charge in [-0.05, 0) is 61.0 Å². The van der Waals surface area contributed by atoms with Gasteiger partial charge in [0.2, 0.25) is 0 Å². The molecule has 0 unspecified atom stereocenters. The van der Waals surface area contributed by atoms with Crippen LogP contribution in [0.1, 0.15) is 6.42 Å². The zero-order valence-electron chi connectivity index (χ0n) is 19.5. The van der Waals surface area contributed by atoms with Gasteiger partial charge in [0.05, 0.1) is 18.7 Å². The van der Waals surface area contributed by atoms with E-state index in [1.54, 1.807) is 12.1 Å². The third-order valence-corrected chi connectivity index (χ3v) is 5.87. The molecule has 1 aliphatic heterocycles. The molecule has 8 nitrogen and oxygen atoms in total. The lowest BCUT2D eigenvalue weighted by molar-refractivity contribution is 0.0368. The van der Waals surface area contributed by atoms with Crippen molar-refractivity contribution >= 4 is 28.3 Å². The van der Waals surface area contributed by atoms with Crippen LogP contribution in [-0.4, -0.2) is 53.6 Å². The average molecular weight is 472 g/mol. The van der Waals surface area contributed by atoms with Crippen molar-refractivity contribution in [3.63, 3.8) is 0 Å². The first-order chi connectivity index (χ1) is 17.2. The van der Waals surface area contributed by atoms with Gasteiger partial charge in [-0.2, -0.15) is 5.10 Å². The van der Waals surface area contributed by atoms with Crippen molar-refractivity contribution in [3.8, 4) is 11.5 Å². The van der Waals surface area contributed by atoms with E-state index in [2.05, 4.69) is 26.8 Å². The molecule has 0 spiro atoms. The SMILES string of the molecule is O=C(Nc1ccc(Oc2ccccc2)cc1)Nc1ccc2cn(CCCN3CCOCC3)nc2c1. The molecule has 1 saturated heterocycles. The molecule has 180 valence electrons. The van der Waals surface area contributed by atoms with E-state index in [0.29, 0.717) is 17.1 Å². The summed E-state index contributed by atoms with van der Waals surface area (Å²) in [5.74, 6) is 1.47. The summed E-state index contributed by atoms with van der Waals surface area (Å²) in [7, 11) is 0. The standard InChI is InChI=1S/C27H29N5O3/c33-27(28-22-9-11-25(12-10-22)35-24-5-2-1-3-6-24)29-23-8-7-21-20-32(30-26(21)19-23)14-4-13-31-15-17-34-18-16-31/h1-3,5-12,19-20H,4,13-18H2,(H2,28,29,33). The summed E-state index contributed by atoms with van der Waals surface area (Å²) in [6.07, 6.45) is 3.09. The quantitative estimate of drug-likeness (QED) is 0.369. The molecular weight excluding hydrogens is 442 g/mol. The number of carbonyl (C=O) groups excluding carboxylic acids is 1. The Labute approximate surface area is 204 Å². The van der Waals surface area contributed by atoms with Crippen LogP contribution in [0, 0.1) is 0 Å². The minimum absolute atomic E-state index is 0.314. The fourth-order valence-corrected chi connectivity index (χ4v) is 4.07. The van der Waals surface area contributed by atoms with Gasteiger partial charge < -0.3 is 20.1 Å². The number of nitrogens with one attached hydrogen (secondary N) is 2. The molecular formula is C27H29N5O3. The number of morpholine rings is 1. The van der Waals surface area contributed by atoms with Crippen LogP contribution >= 0.6 is 0 Å². The number of anilines is 2. The minimum Gasteiger partial charge on any atom is -0.457 e. The summed E-state index contributed by atoms with van der Waals surface area (Å²) in [6, 6.07) is 22.3. The fourth-order valence-electron chi connectivity index (χ4n) is 4.07. The topological polar surface area (TPSA) is 80.7 Å². The summed E-state index contributed by atoms with van der Waals surface area (Å²) in [4.78, 5) is 14.9. The van der Waals surface area contributed by atoms with E-state index < -0.39 is 0 Å². The van der Waals surface area contributed by atoms with Crippen LogP contribution in [0.5, 0.6) is 11.5 Å². The number of aromatic nitrogens is 2.